The van der Waals surface area contributed by atoms with Gasteiger partial charge in [-0.05, 0) is 60.9 Å². The Bertz CT molecular complexity index is 1210. The number of nitro benzene ring substituents is 1. The van der Waals surface area contributed by atoms with Crippen molar-refractivity contribution >= 4 is 56.5 Å². The normalized spacial score (nSPS) is 17.2. The summed E-state index contributed by atoms with van der Waals surface area (Å²) >= 11 is 4.19. The van der Waals surface area contributed by atoms with Gasteiger partial charge in [0.25, 0.3) is 16.8 Å². The average Bonchev–Trinajstić information content (AvgIpc) is 3.11. The molecule has 2 saturated heterocycles. The van der Waals surface area contributed by atoms with Crippen LogP contribution in [0.1, 0.15) is 30.4 Å². The molecule has 4 rings (SSSR count). The van der Waals surface area contributed by atoms with Gasteiger partial charge in [0, 0.05) is 35.3 Å². The van der Waals surface area contributed by atoms with Gasteiger partial charge in [-0.25, -0.2) is 0 Å². The molecule has 11 heteroatoms. The number of piperidine rings is 1. The Morgan fingerprint density at radius 3 is 2.66 bits per heavy atom. The minimum Gasteiger partial charge on any atom is -0.488 e. The number of hydrogen-bond acceptors (Lipinski definition) is 7. The lowest BCUT2D eigenvalue weighted by Gasteiger charge is -2.27. The molecule has 2 aliphatic heterocycles. The minimum atomic E-state index is -0.519. The van der Waals surface area contributed by atoms with Gasteiger partial charge in [-0.3, -0.25) is 29.4 Å². The predicted molar refractivity (Wildman–Crippen MR) is 135 cm³/mol. The van der Waals surface area contributed by atoms with E-state index in [2.05, 4.69) is 15.9 Å². The topological polar surface area (TPSA) is 110 Å². The molecule has 2 aromatic rings. The van der Waals surface area contributed by atoms with Gasteiger partial charge in [-0.1, -0.05) is 28.1 Å². The number of rotatable bonds is 7. The first-order valence-electron chi connectivity index (χ1n) is 11.0. The highest BCUT2D eigenvalue weighted by atomic mass is 79.9. The van der Waals surface area contributed by atoms with E-state index in [1.807, 2.05) is 0 Å². The first kappa shape index (κ1) is 24.9. The number of imide groups is 1. The lowest BCUT2D eigenvalue weighted by atomic mass is 10.1. The van der Waals surface area contributed by atoms with Crippen molar-refractivity contribution in [1.82, 2.24) is 9.80 Å². The number of carbonyl (C=O) groups excluding carboxylic acids is 3. The van der Waals surface area contributed by atoms with Crippen molar-refractivity contribution in [3.63, 3.8) is 0 Å². The smallest absolute Gasteiger partial charge is 0.294 e. The fraction of sp³-hybridized carbons (Fsp3) is 0.292. The lowest BCUT2D eigenvalue weighted by molar-refractivity contribution is -0.384. The van der Waals surface area contributed by atoms with Gasteiger partial charge in [0.15, 0.2) is 0 Å². The maximum absolute atomic E-state index is 12.9. The number of nitro groups is 1. The largest absolute Gasteiger partial charge is 0.488 e. The zero-order chi connectivity index (χ0) is 24.9. The molecule has 0 N–H and O–H groups in total. The van der Waals surface area contributed by atoms with Crippen LogP contribution >= 0.6 is 27.7 Å². The standard InChI is InChI=1S/C24H22BrN3O6S/c25-18-7-8-20(34-15-16-5-4-6-19(11-16)28(32)33)17(12-18)13-21-23(30)27(24(31)35-21)14-22(29)26-9-2-1-3-10-26/h4-8,11-13H,1-3,9-10,14-15H2/b21-13-. The van der Waals surface area contributed by atoms with Crippen LogP contribution in [0.3, 0.4) is 0 Å². The number of ether oxygens (including phenoxy) is 1. The Morgan fingerprint density at radius 2 is 1.91 bits per heavy atom. The second kappa shape index (κ2) is 11.0. The van der Waals surface area contributed by atoms with E-state index in [1.165, 1.54) is 12.1 Å². The van der Waals surface area contributed by atoms with Crippen LogP contribution < -0.4 is 4.74 Å². The fourth-order valence-electron chi connectivity index (χ4n) is 3.84. The number of hydrogen-bond donors (Lipinski definition) is 0. The molecule has 0 bridgehead atoms. The molecule has 9 nitrogen and oxygen atoms in total. The lowest BCUT2D eigenvalue weighted by Crippen LogP contribution is -2.44. The minimum absolute atomic E-state index is 0.0325. The maximum atomic E-state index is 12.9. The number of nitrogens with zero attached hydrogens (tertiary/aromatic N) is 3. The molecule has 0 spiro atoms. The number of carbonyl (C=O) groups is 3. The molecule has 0 unspecified atom stereocenters. The molecule has 0 aromatic heterocycles. The third kappa shape index (κ3) is 6.09. The number of non-ortho nitro benzene ring substituents is 1. The molecule has 2 aromatic carbocycles. The summed E-state index contributed by atoms with van der Waals surface area (Å²) in [5, 5.41) is 10.5. The molecule has 2 aliphatic rings. The van der Waals surface area contributed by atoms with Crippen molar-refractivity contribution in [1.29, 1.82) is 0 Å². The van der Waals surface area contributed by atoms with Crippen molar-refractivity contribution < 1.29 is 24.0 Å². The number of likely N-dealkylation sites (tertiary alicyclic amines) is 1. The second-order valence-corrected chi connectivity index (χ2v) is 10.0. The van der Waals surface area contributed by atoms with Crippen LogP contribution in [0.4, 0.5) is 10.5 Å². The van der Waals surface area contributed by atoms with Crippen molar-refractivity contribution in [3.05, 3.63) is 73.1 Å². The second-order valence-electron chi connectivity index (χ2n) is 8.11. The molecule has 182 valence electrons. The summed E-state index contributed by atoms with van der Waals surface area (Å²) in [4.78, 5) is 51.5. The Kier molecular flexibility index (Phi) is 7.86. The first-order chi connectivity index (χ1) is 16.8. The summed E-state index contributed by atoms with van der Waals surface area (Å²) in [5.41, 5.74) is 1.14. The molecule has 0 atom stereocenters. The van der Waals surface area contributed by atoms with Crippen molar-refractivity contribution in [2.75, 3.05) is 19.6 Å². The summed E-state index contributed by atoms with van der Waals surface area (Å²) in [6.07, 6.45) is 4.49. The third-order valence-electron chi connectivity index (χ3n) is 5.65. The third-order valence-corrected chi connectivity index (χ3v) is 7.05. The average molecular weight is 560 g/mol. The molecule has 0 saturated carbocycles. The maximum Gasteiger partial charge on any atom is 0.294 e. The van der Waals surface area contributed by atoms with Gasteiger partial charge in [-0.15, -0.1) is 0 Å². The Morgan fingerprint density at radius 1 is 1.14 bits per heavy atom. The number of thioether (sulfide) groups is 1. The van der Waals surface area contributed by atoms with Crippen molar-refractivity contribution in [2.24, 2.45) is 0 Å². The highest BCUT2D eigenvalue weighted by Crippen LogP contribution is 2.35. The SMILES string of the molecule is O=C(CN1C(=O)S/C(=C\c2cc(Br)ccc2OCc2cccc([N+](=O)[O-])c2)C1=O)N1CCCCC1. The molecular weight excluding hydrogens is 538 g/mol. The van der Waals surface area contributed by atoms with E-state index in [0.29, 0.717) is 30.0 Å². The number of amides is 3. The van der Waals surface area contributed by atoms with Crippen LogP contribution in [-0.2, 0) is 16.2 Å². The van der Waals surface area contributed by atoms with Gasteiger partial charge in [0.1, 0.15) is 18.9 Å². The van der Waals surface area contributed by atoms with Gasteiger partial charge in [0.05, 0.1) is 9.83 Å². The highest BCUT2D eigenvalue weighted by molar-refractivity contribution is 9.10. The van der Waals surface area contributed by atoms with Gasteiger partial charge in [0.2, 0.25) is 5.91 Å². The number of halogens is 1. The van der Waals surface area contributed by atoms with Crippen LogP contribution in [0.5, 0.6) is 5.75 Å². The summed E-state index contributed by atoms with van der Waals surface area (Å²) in [6, 6.07) is 11.4. The van der Waals surface area contributed by atoms with Crippen LogP contribution in [0.25, 0.3) is 6.08 Å². The molecule has 3 amide bonds. The van der Waals surface area contributed by atoms with E-state index in [4.69, 9.17) is 4.74 Å². The molecule has 2 heterocycles. The Labute approximate surface area is 214 Å². The van der Waals surface area contributed by atoms with Gasteiger partial charge in [-0.2, -0.15) is 0 Å². The molecular formula is C24H22BrN3O6S. The molecule has 35 heavy (non-hydrogen) atoms. The van der Waals surface area contributed by atoms with Crippen LogP contribution in [0, 0.1) is 10.1 Å². The first-order valence-corrected chi connectivity index (χ1v) is 12.6. The van der Waals surface area contributed by atoms with Gasteiger partial charge < -0.3 is 9.64 Å². The summed E-state index contributed by atoms with van der Waals surface area (Å²) < 4.78 is 6.63. The van der Waals surface area contributed by atoms with E-state index in [-0.39, 0.29) is 29.7 Å². The van der Waals surface area contributed by atoms with E-state index >= 15 is 0 Å². The van der Waals surface area contributed by atoms with Crippen LogP contribution in [0.2, 0.25) is 0 Å². The fourth-order valence-corrected chi connectivity index (χ4v) is 5.05. The zero-order valence-electron chi connectivity index (χ0n) is 18.6. The predicted octanol–water partition coefficient (Wildman–Crippen LogP) is 4.99. The Balaban J connectivity index is 1.49. The highest BCUT2D eigenvalue weighted by Gasteiger charge is 2.37. The van der Waals surface area contributed by atoms with Crippen LogP contribution in [-0.4, -0.2) is 51.4 Å². The molecule has 0 radical (unpaired) electrons. The Hall–Kier alpha value is -3.18. The van der Waals surface area contributed by atoms with E-state index in [0.717, 1.165) is 40.4 Å². The van der Waals surface area contributed by atoms with Gasteiger partial charge >= 0.3 is 0 Å². The molecule has 2 fully saturated rings. The van der Waals surface area contributed by atoms with Crippen molar-refractivity contribution in [3.8, 4) is 5.75 Å². The van der Waals surface area contributed by atoms with E-state index in [1.54, 1.807) is 41.3 Å². The summed E-state index contributed by atoms with van der Waals surface area (Å²) in [6.45, 7) is 1.11. The molecule has 0 aliphatic carbocycles. The van der Waals surface area contributed by atoms with Crippen LogP contribution in [0.15, 0.2) is 51.8 Å². The zero-order valence-corrected chi connectivity index (χ0v) is 21.0. The summed E-state index contributed by atoms with van der Waals surface area (Å²) in [7, 11) is 0. The van der Waals surface area contributed by atoms with E-state index in [9.17, 15) is 24.5 Å². The summed E-state index contributed by atoms with van der Waals surface area (Å²) in [5.74, 6) is -0.303. The van der Waals surface area contributed by atoms with E-state index < -0.39 is 16.1 Å². The number of benzene rings is 2. The van der Waals surface area contributed by atoms with Crippen molar-refractivity contribution in [2.45, 2.75) is 25.9 Å². The monoisotopic (exact) mass is 559 g/mol. The quantitative estimate of drug-likeness (QED) is 0.267.